The van der Waals surface area contributed by atoms with Crippen molar-refractivity contribution in [3.05, 3.63) is 83.3 Å². The number of hydrogen-bond donors (Lipinski definition) is 3. The molecule has 1 unspecified atom stereocenters. The van der Waals surface area contributed by atoms with E-state index in [0.29, 0.717) is 34.9 Å². The van der Waals surface area contributed by atoms with Gasteiger partial charge in [0.1, 0.15) is 5.75 Å². The minimum atomic E-state index is -4.91. The van der Waals surface area contributed by atoms with E-state index in [4.69, 9.17) is 25.8 Å². The fraction of sp³-hybridized carbons (Fsp3) is 0.281. The maximum absolute atomic E-state index is 15.1. The molecule has 0 aliphatic carbocycles. The van der Waals surface area contributed by atoms with Gasteiger partial charge in [-0.1, -0.05) is 23.7 Å². The van der Waals surface area contributed by atoms with Gasteiger partial charge >= 0.3 is 18.0 Å². The van der Waals surface area contributed by atoms with Gasteiger partial charge in [-0.25, -0.2) is 4.39 Å². The Morgan fingerprint density at radius 2 is 1.72 bits per heavy atom. The van der Waals surface area contributed by atoms with Crippen molar-refractivity contribution < 1.29 is 41.4 Å². The first-order valence-electron chi connectivity index (χ1n) is 14.2. The highest BCUT2D eigenvalue weighted by atomic mass is 35.5. The monoisotopic (exact) mass is 660 g/mol. The molecule has 0 radical (unpaired) electrons. The van der Waals surface area contributed by atoms with Crippen LogP contribution in [-0.2, 0) is 9.59 Å². The summed E-state index contributed by atoms with van der Waals surface area (Å²) in [4.78, 5) is 29.2. The lowest BCUT2D eigenvalue weighted by atomic mass is 9.99. The molecule has 1 fully saturated rings. The number of hydrogen-bond acceptors (Lipinski definition) is 7. The highest BCUT2D eigenvalue weighted by Gasteiger charge is 2.42. The Kier molecular flexibility index (Phi) is 10.1. The van der Waals surface area contributed by atoms with Crippen LogP contribution in [0.25, 0.3) is 10.9 Å². The van der Waals surface area contributed by atoms with E-state index in [1.807, 2.05) is 0 Å². The van der Waals surface area contributed by atoms with Crippen molar-refractivity contribution in [2.75, 3.05) is 32.1 Å². The van der Waals surface area contributed by atoms with E-state index in [1.54, 1.807) is 17.4 Å². The predicted octanol–water partition coefficient (Wildman–Crippen LogP) is 6.56. The largest absolute Gasteiger partial charge is 0.493 e. The molecule has 2 amide bonds. The van der Waals surface area contributed by atoms with E-state index in [1.165, 1.54) is 43.6 Å². The average molecular weight is 661 g/mol. The molecule has 1 aliphatic rings. The van der Waals surface area contributed by atoms with Crippen LogP contribution in [0.4, 0.5) is 23.2 Å². The maximum Gasteiger partial charge on any atom is 0.412 e. The number of benzene rings is 3. The zero-order chi connectivity index (χ0) is 32.8. The molecule has 0 bridgehead atoms. The fourth-order valence-corrected chi connectivity index (χ4v) is 5.05. The quantitative estimate of drug-likeness (QED) is 0.138. The number of anilines is 1. The first kappa shape index (κ1) is 32.8. The number of alkyl halides is 3. The van der Waals surface area contributed by atoms with Crippen LogP contribution in [-0.4, -0.2) is 49.8 Å². The number of piperidine rings is 1. The number of halogens is 5. The highest BCUT2D eigenvalue weighted by Crippen LogP contribution is 2.38. The van der Waals surface area contributed by atoms with E-state index >= 15 is 4.39 Å². The van der Waals surface area contributed by atoms with Gasteiger partial charge in [-0.15, -0.1) is 0 Å². The summed E-state index contributed by atoms with van der Waals surface area (Å²) in [6, 6.07) is 10.4. The van der Waals surface area contributed by atoms with Gasteiger partial charge in [-0.05, 0) is 73.8 Å². The minimum Gasteiger partial charge on any atom is -0.493 e. The summed E-state index contributed by atoms with van der Waals surface area (Å²) in [5.41, 5.74) is 0.00865. The van der Waals surface area contributed by atoms with Gasteiger partial charge in [0.2, 0.25) is 0 Å². The Morgan fingerprint density at radius 1 is 0.978 bits per heavy atom. The molecule has 0 spiro atoms. The Labute approximate surface area is 266 Å². The second-order valence-electron chi connectivity index (χ2n) is 10.5. The lowest BCUT2D eigenvalue weighted by Gasteiger charge is -2.23. The number of carbonyl (C=O) groups is 2. The van der Waals surface area contributed by atoms with Crippen molar-refractivity contribution in [2.45, 2.75) is 25.1 Å². The number of amides is 2. The molecule has 5 rings (SSSR count). The van der Waals surface area contributed by atoms with Gasteiger partial charge in [-0.2, -0.15) is 13.2 Å². The van der Waals surface area contributed by atoms with E-state index in [-0.39, 0.29) is 27.8 Å². The summed E-state index contributed by atoms with van der Waals surface area (Å²) in [7, 11) is 1.50. The SMILES string of the molecule is COc1cc2c(Oc3ccc(NC(=O)C(=O)NC(c4ccc(Cl)cc4)C(F)(F)F)cc3F)ccnc2cc1OCC1CCNCC1. The highest BCUT2D eigenvalue weighted by molar-refractivity contribution is 6.39. The van der Waals surface area contributed by atoms with Crippen LogP contribution in [0, 0.1) is 11.7 Å². The molecular formula is C32H29ClF4N4O5. The molecule has 0 saturated carbocycles. The summed E-state index contributed by atoms with van der Waals surface area (Å²) >= 11 is 5.74. The van der Waals surface area contributed by atoms with Crippen LogP contribution >= 0.6 is 11.6 Å². The zero-order valence-electron chi connectivity index (χ0n) is 24.4. The van der Waals surface area contributed by atoms with E-state index in [9.17, 15) is 22.8 Å². The number of carbonyl (C=O) groups excluding carboxylic acids is 2. The maximum atomic E-state index is 15.1. The van der Waals surface area contributed by atoms with Crippen LogP contribution in [0.5, 0.6) is 23.0 Å². The van der Waals surface area contributed by atoms with Gasteiger partial charge in [0.25, 0.3) is 0 Å². The number of nitrogens with zero attached hydrogens (tertiary/aromatic N) is 1. The number of pyridine rings is 1. The second-order valence-corrected chi connectivity index (χ2v) is 11.0. The van der Waals surface area contributed by atoms with Gasteiger partial charge in [0.15, 0.2) is 29.1 Å². The summed E-state index contributed by atoms with van der Waals surface area (Å²) in [6.07, 6.45) is -1.39. The van der Waals surface area contributed by atoms with E-state index in [0.717, 1.165) is 44.1 Å². The zero-order valence-corrected chi connectivity index (χ0v) is 25.2. The summed E-state index contributed by atoms with van der Waals surface area (Å²) in [5.74, 6) is -2.50. The number of ether oxygens (including phenoxy) is 3. The molecule has 242 valence electrons. The molecule has 1 aliphatic heterocycles. The smallest absolute Gasteiger partial charge is 0.412 e. The molecular weight excluding hydrogens is 632 g/mol. The van der Waals surface area contributed by atoms with Gasteiger partial charge in [0.05, 0.1) is 19.2 Å². The van der Waals surface area contributed by atoms with Crippen molar-refractivity contribution in [1.29, 1.82) is 0 Å². The standard InChI is InChI=1S/C32H29ClF4N4O5/c1-44-27-15-22-24(16-28(27)45-17-18-8-11-38-12-9-18)39-13-10-25(22)46-26-7-6-21(14-23(26)34)40-30(42)31(43)41-29(32(35,36)37)19-2-4-20(33)5-3-19/h2-7,10,13-16,18,29,38H,8-9,11-12,17H2,1H3,(H,40,42)(H,41,43). The molecule has 46 heavy (non-hydrogen) atoms. The first-order valence-corrected chi connectivity index (χ1v) is 14.6. The molecule has 1 saturated heterocycles. The van der Waals surface area contributed by atoms with Gasteiger partial charge in [0, 0.05) is 34.4 Å². The molecule has 4 aromatic rings. The Hall–Kier alpha value is -4.62. The third-order valence-electron chi connectivity index (χ3n) is 7.34. The normalized spacial score (nSPS) is 14.4. The number of rotatable bonds is 9. The number of nitrogens with one attached hydrogen (secondary N) is 3. The molecule has 14 heteroatoms. The summed E-state index contributed by atoms with van der Waals surface area (Å²) in [5, 5.41) is 7.79. The number of methoxy groups -OCH3 is 1. The van der Waals surface area contributed by atoms with Gasteiger partial charge in [-0.3, -0.25) is 14.6 Å². The first-order chi connectivity index (χ1) is 22.0. The van der Waals surface area contributed by atoms with Crippen LogP contribution in [0.3, 0.4) is 0 Å². The van der Waals surface area contributed by atoms with Crippen molar-refractivity contribution in [3.8, 4) is 23.0 Å². The molecule has 1 aromatic heterocycles. The minimum absolute atomic E-state index is 0.183. The third-order valence-corrected chi connectivity index (χ3v) is 7.59. The molecule has 1 atom stereocenters. The topological polar surface area (TPSA) is 111 Å². The van der Waals surface area contributed by atoms with E-state index in [2.05, 4.69) is 15.6 Å². The third kappa shape index (κ3) is 7.96. The summed E-state index contributed by atoms with van der Waals surface area (Å²) < 4.78 is 73.4. The fourth-order valence-electron chi connectivity index (χ4n) is 4.92. The Balaban J connectivity index is 1.27. The molecule has 3 N–H and O–H groups in total. The van der Waals surface area contributed by atoms with Crippen molar-refractivity contribution in [1.82, 2.24) is 15.6 Å². The lowest BCUT2D eigenvalue weighted by Crippen LogP contribution is -2.43. The summed E-state index contributed by atoms with van der Waals surface area (Å²) in [6.45, 7) is 2.41. The van der Waals surface area contributed by atoms with Crippen LogP contribution in [0.15, 0.2) is 66.9 Å². The van der Waals surface area contributed by atoms with Gasteiger partial charge < -0.3 is 30.2 Å². The molecule has 3 aromatic carbocycles. The number of fused-ring (bicyclic) bond motifs is 1. The Bertz CT molecular complexity index is 1720. The molecule has 9 nitrogen and oxygen atoms in total. The predicted molar refractivity (Wildman–Crippen MR) is 163 cm³/mol. The molecule has 2 heterocycles. The van der Waals surface area contributed by atoms with Crippen molar-refractivity contribution in [2.24, 2.45) is 5.92 Å². The van der Waals surface area contributed by atoms with Crippen LogP contribution < -0.4 is 30.2 Å². The second kappa shape index (κ2) is 14.2. The Morgan fingerprint density at radius 3 is 2.39 bits per heavy atom. The van der Waals surface area contributed by atoms with Crippen LogP contribution in [0.2, 0.25) is 5.02 Å². The van der Waals surface area contributed by atoms with Crippen molar-refractivity contribution >= 4 is 40.0 Å². The number of aromatic nitrogens is 1. The van der Waals surface area contributed by atoms with E-state index < -0.39 is 29.8 Å². The van der Waals surface area contributed by atoms with Crippen molar-refractivity contribution in [3.63, 3.8) is 0 Å². The lowest BCUT2D eigenvalue weighted by molar-refractivity contribution is -0.164. The average Bonchev–Trinajstić information content (AvgIpc) is 3.04. The van der Waals surface area contributed by atoms with Crippen LogP contribution in [0.1, 0.15) is 24.4 Å².